The Morgan fingerprint density at radius 2 is 1.62 bits per heavy atom. The lowest BCUT2D eigenvalue weighted by atomic mass is 9.79. The normalized spacial score (nSPS) is 18.5. The molecule has 0 N–H and O–H groups in total. The average Bonchev–Trinajstić information content (AvgIpc) is 3.06. The van der Waals surface area contributed by atoms with Crippen molar-refractivity contribution in [1.29, 1.82) is 0 Å². The molecular weight excluding hydrogens is 376 g/mol. The van der Waals surface area contributed by atoms with Gasteiger partial charge in [-0.25, -0.2) is 0 Å². The fourth-order valence-electron chi connectivity index (χ4n) is 4.23. The van der Waals surface area contributed by atoms with Gasteiger partial charge in [-0.3, -0.25) is 9.69 Å². The molecule has 1 saturated heterocycles. The third-order valence-electron chi connectivity index (χ3n) is 6.42. The highest BCUT2D eigenvalue weighted by Gasteiger charge is 2.37. The molecule has 1 aromatic heterocycles. The van der Waals surface area contributed by atoms with E-state index in [2.05, 4.69) is 76.1 Å². The van der Waals surface area contributed by atoms with Crippen molar-refractivity contribution in [2.75, 3.05) is 19.6 Å². The molecule has 0 saturated carbocycles. The number of thiophene rings is 1. The Kier molecular flexibility index (Phi) is 5.15. The minimum atomic E-state index is 0.0276. The highest BCUT2D eigenvalue weighted by Crippen LogP contribution is 2.32. The van der Waals surface area contributed by atoms with Gasteiger partial charge in [0, 0.05) is 42.7 Å². The molecule has 0 spiro atoms. The quantitative estimate of drug-likeness (QED) is 0.677. The Bertz CT molecular complexity index is 877. The molecule has 3 nitrogen and oxygen atoms in total. The van der Waals surface area contributed by atoms with Crippen LogP contribution in [0.3, 0.4) is 0 Å². The number of likely N-dealkylation sites (tertiary alicyclic amines) is 1. The number of hydrogen-bond acceptors (Lipinski definition) is 3. The number of fused-ring (bicyclic) bond motifs is 1. The third-order valence-corrected chi connectivity index (χ3v) is 7.44. The number of carbonyl (C=O) groups is 1. The van der Waals surface area contributed by atoms with Gasteiger partial charge in [0.2, 0.25) is 0 Å². The van der Waals surface area contributed by atoms with Crippen LogP contribution in [0.25, 0.3) is 0 Å². The van der Waals surface area contributed by atoms with E-state index in [9.17, 15) is 4.79 Å². The zero-order valence-corrected chi connectivity index (χ0v) is 19.5. The standard InChI is InChI=1S/C25H34N2OS/c1-24(2,3)19-11-18(12-20(13-19)25(4,5)6)23(28)27-15-21(16-27)26-9-7-22-17(14-26)8-10-29-22/h8,10-13,21H,7,9,14-16H2,1-6H3. The molecule has 156 valence electrons. The summed E-state index contributed by atoms with van der Waals surface area (Å²) in [5.41, 5.74) is 4.87. The Morgan fingerprint density at radius 1 is 1.00 bits per heavy atom. The van der Waals surface area contributed by atoms with Gasteiger partial charge in [-0.15, -0.1) is 11.3 Å². The maximum absolute atomic E-state index is 13.3. The van der Waals surface area contributed by atoms with Crippen LogP contribution in [0.15, 0.2) is 29.6 Å². The minimum absolute atomic E-state index is 0.0276. The Labute approximate surface area is 179 Å². The van der Waals surface area contributed by atoms with Crippen LogP contribution in [0.4, 0.5) is 0 Å². The lowest BCUT2D eigenvalue weighted by molar-refractivity contribution is 0.0220. The molecule has 0 radical (unpaired) electrons. The van der Waals surface area contributed by atoms with E-state index in [-0.39, 0.29) is 16.7 Å². The van der Waals surface area contributed by atoms with Crippen LogP contribution in [0, 0.1) is 0 Å². The Hall–Kier alpha value is -1.65. The van der Waals surface area contributed by atoms with Gasteiger partial charge in [-0.05, 0) is 57.5 Å². The molecule has 2 aliphatic heterocycles. The van der Waals surface area contributed by atoms with Crippen molar-refractivity contribution in [1.82, 2.24) is 9.80 Å². The van der Waals surface area contributed by atoms with Gasteiger partial charge in [0.05, 0.1) is 0 Å². The SMILES string of the molecule is CC(C)(C)c1cc(C(=O)N2CC(N3CCc4sccc4C3)C2)cc(C(C)(C)C)c1. The summed E-state index contributed by atoms with van der Waals surface area (Å²) in [6.45, 7) is 17.2. The van der Waals surface area contributed by atoms with Crippen LogP contribution in [0.2, 0.25) is 0 Å². The molecule has 0 unspecified atom stereocenters. The van der Waals surface area contributed by atoms with E-state index in [1.165, 1.54) is 16.7 Å². The fraction of sp³-hybridized carbons (Fsp3) is 0.560. The van der Waals surface area contributed by atoms with Crippen LogP contribution in [-0.4, -0.2) is 41.4 Å². The fourth-order valence-corrected chi connectivity index (χ4v) is 5.12. The van der Waals surface area contributed by atoms with Crippen molar-refractivity contribution in [2.45, 2.75) is 71.4 Å². The summed E-state index contributed by atoms with van der Waals surface area (Å²) in [7, 11) is 0. The van der Waals surface area contributed by atoms with E-state index in [4.69, 9.17) is 0 Å². The summed E-state index contributed by atoms with van der Waals surface area (Å²) in [5.74, 6) is 0.186. The van der Waals surface area contributed by atoms with Crippen molar-refractivity contribution in [3.8, 4) is 0 Å². The van der Waals surface area contributed by atoms with Gasteiger partial charge in [-0.1, -0.05) is 47.6 Å². The number of benzene rings is 1. The molecule has 29 heavy (non-hydrogen) atoms. The first-order valence-electron chi connectivity index (χ1n) is 10.8. The van der Waals surface area contributed by atoms with E-state index < -0.39 is 0 Å². The van der Waals surface area contributed by atoms with Gasteiger partial charge in [0.25, 0.3) is 5.91 Å². The van der Waals surface area contributed by atoms with Crippen LogP contribution < -0.4 is 0 Å². The second-order valence-corrected chi connectivity index (χ2v) is 11.8. The third kappa shape index (κ3) is 4.15. The van der Waals surface area contributed by atoms with Gasteiger partial charge in [-0.2, -0.15) is 0 Å². The van der Waals surface area contributed by atoms with Crippen LogP contribution in [-0.2, 0) is 23.8 Å². The summed E-state index contributed by atoms with van der Waals surface area (Å²) < 4.78 is 0. The van der Waals surface area contributed by atoms with Crippen LogP contribution in [0.5, 0.6) is 0 Å². The number of amides is 1. The van der Waals surface area contributed by atoms with Crippen molar-refractivity contribution in [3.05, 3.63) is 56.8 Å². The molecule has 1 aromatic carbocycles. The summed E-state index contributed by atoms with van der Waals surface area (Å²) in [5, 5.41) is 2.21. The van der Waals surface area contributed by atoms with Gasteiger partial charge in [0.1, 0.15) is 0 Å². The van der Waals surface area contributed by atoms with Gasteiger partial charge < -0.3 is 4.90 Å². The molecule has 1 amide bonds. The van der Waals surface area contributed by atoms with Crippen molar-refractivity contribution in [2.24, 2.45) is 0 Å². The maximum atomic E-state index is 13.3. The van der Waals surface area contributed by atoms with E-state index in [0.29, 0.717) is 6.04 Å². The second-order valence-electron chi connectivity index (χ2n) is 10.8. The maximum Gasteiger partial charge on any atom is 0.253 e. The predicted molar refractivity (Wildman–Crippen MR) is 122 cm³/mol. The lowest BCUT2D eigenvalue weighted by Gasteiger charge is -2.46. The van der Waals surface area contributed by atoms with Crippen molar-refractivity contribution >= 4 is 17.2 Å². The molecule has 4 rings (SSSR count). The zero-order valence-electron chi connectivity index (χ0n) is 18.7. The first-order chi connectivity index (χ1) is 13.5. The van der Waals surface area contributed by atoms with E-state index in [1.807, 2.05) is 16.2 Å². The number of nitrogens with zero attached hydrogens (tertiary/aromatic N) is 2. The molecule has 2 aliphatic rings. The summed E-state index contributed by atoms with van der Waals surface area (Å²) >= 11 is 1.88. The zero-order chi connectivity index (χ0) is 21.0. The monoisotopic (exact) mass is 410 g/mol. The predicted octanol–water partition coefficient (Wildman–Crippen LogP) is 5.23. The van der Waals surface area contributed by atoms with Crippen molar-refractivity contribution in [3.63, 3.8) is 0 Å². The Morgan fingerprint density at radius 3 is 2.21 bits per heavy atom. The average molecular weight is 411 g/mol. The van der Waals surface area contributed by atoms with Gasteiger partial charge in [0.15, 0.2) is 0 Å². The van der Waals surface area contributed by atoms with E-state index in [1.54, 1.807) is 4.88 Å². The molecule has 0 bridgehead atoms. The number of hydrogen-bond donors (Lipinski definition) is 0. The summed E-state index contributed by atoms with van der Waals surface area (Å²) in [4.78, 5) is 19.4. The number of rotatable bonds is 2. The Balaban J connectivity index is 1.48. The van der Waals surface area contributed by atoms with Crippen molar-refractivity contribution < 1.29 is 4.79 Å². The molecule has 4 heteroatoms. The molecular formula is C25H34N2OS. The van der Waals surface area contributed by atoms with Crippen LogP contribution >= 0.6 is 11.3 Å². The highest BCUT2D eigenvalue weighted by molar-refractivity contribution is 7.10. The first-order valence-corrected chi connectivity index (χ1v) is 11.6. The highest BCUT2D eigenvalue weighted by atomic mass is 32.1. The summed E-state index contributed by atoms with van der Waals surface area (Å²) in [6, 6.07) is 9.27. The number of carbonyl (C=O) groups excluding carboxylic acids is 1. The minimum Gasteiger partial charge on any atom is -0.335 e. The second kappa shape index (κ2) is 7.24. The lowest BCUT2D eigenvalue weighted by Crippen LogP contribution is -2.61. The molecule has 2 aromatic rings. The molecule has 3 heterocycles. The molecule has 0 atom stereocenters. The van der Waals surface area contributed by atoms with E-state index in [0.717, 1.165) is 38.2 Å². The molecule has 1 fully saturated rings. The summed E-state index contributed by atoms with van der Waals surface area (Å²) in [6.07, 6.45) is 1.15. The van der Waals surface area contributed by atoms with Crippen LogP contribution in [0.1, 0.15) is 73.5 Å². The molecule has 0 aliphatic carbocycles. The topological polar surface area (TPSA) is 23.6 Å². The first kappa shape index (κ1) is 20.6. The smallest absolute Gasteiger partial charge is 0.253 e. The van der Waals surface area contributed by atoms with E-state index >= 15 is 0 Å². The van der Waals surface area contributed by atoms with Gasteiger partial charge >= 0.3 is 0 Å². The largest absolute Gasteiger partial charge is 0.335 e.